The highest BCUT2D eigenvalue weighted by Crippen LogP contribution is 2.20. The van der Waals surface area contributed by atoms with Crippen LogP contribution in [0.1, 0.15) is 28.5 Å². The predicted octanol–water partition coefficient (Wildman–Crippen LogP) is 2.35. The number of thiazole rings is 1. The highest BCUT2D eigenvalue weighted by Gasteiger charge is 2.13. The van der Waals surface area contributed by atoms with Crippen molar-refractivity contribution < 1.29 is 5.11 Å². The molecule has 2 heterocycles. The fourth-order valence-corrected chi connectivity index (χ4v) is 2.85. The van der Waals surface area contributed by atoms with Crippen molar-refractivity contribution in [3.8, 4) is 0 Å². The van der Waals surface area contributed by atoms with Crippen LogP contribution in [0.4, 0.5) is 0 Å². The van der Waals surface area contributed by atoms with Crippen LogP contribution in [0, 0.1) is 12.8 Å². The van der Waals surface area contributed by atoms with Crippen LogP contribution >= 0.6 is 11.3 Å². The monoisotopic (exact) mass is 291 g/mol. The van der Waals surface area contributed by atoms with Crippen molar-refractivity contribution in [2.75, 3.05) is 13.2 Å². The van der Waals surface area contributed by atoms with Gasteiger partial charge < -0.3 is 10.4 Å². The van der Waals surface area contributed by atoms with Crippen LogP contribution in [0.25, 0.3) is 0 Å². The van der Waals surface area contributed by atoms with Gasteiger partial charge in [-0.05, 0) is 38.3 Å². The molecular formula is C15H21N3OS. The molecule has 0 radical (unpaired) electrons. The Bertz CT molecular complexity index is 515. The summed E-state index contributed by atoms with van der Waals surface area (Å²) in [7, 11) is 0. The topological polar surface area (TPSA) is 58.0 Å². The third-order valence-electron chi connectivity index (χ3n) is 3.26. The Labute approximate surface area is 123 Å². The summed E-state index contributed by atoms with van der Waals surface area (Å²) in [6.07, 6.45) is 4.50. The quantitative estimate of drug-likeness (QED) is 0.822. The molecule has 0 aliphatic rings. The number of aliphatic hydroxyl groups is 1. The molecule has 0 aliphatic carbocycles. The first-order chi connectivity index (χ1) is 9.69. The van der Waals surface area contributed by atoms with Gasteiger partial charge in [-0.2, -0.15) is 0 Å². The largest absolute Gasteiger partial charge is 0.396 e. The van der Waals surface area contributed by atoms with E-state index in [2.05, 4.69) is 22.2 Å². The molecule has 2 atom stereocenters. The van der Waals surface area contributed by atoms with Crippen LogP contribution in [0.2, 0.25) is 0 Å². The van der Waals surface area contributed by atoms with Crippen LogP contribution in [0.15, 0.2) is 30.6 Å². The molecule has 0 aromatic carbocycles. The fraction of sp³-hybridized carbons (Fsp3) is 0.467. The summed E-state index contributed by atoms with van der Waals surface area (Å²) in [5.41, 5.74) is 1.02. The lowest BCUT2D eigenvalue weighted by atomic mass is 10.0. The van der Waals surface area contributed by atoms with E-state index in [0.29, 0.717) is 0 Å². The highest BCUT2D eigenvalue weighted by atomic mass is 32.1. The molecule has 2 rings (SSSR count). The van der Waals surface area contributed by atoms with Crippen molar-refractivity contribution in [2.24, 2.45) is 5.92 Å². The van der Waals surface area contributed by atoms with E-state index >= 15 is 0 Å². The van der Waals surface area contributed by atoms with Crippen LogP contribution in [-0.2, 0) is 6.42 Å². The second kappa shape index (κ2) is 7.47. The summed E-state index contributed by atoms with van der Waals surface area (Å²) in [5.74, 6) is 0.182. The molecular weight excluding hydrogens is 270 g/mol. The number of nitrogens with zero attached hydrogens (tertiary/aromatic N) is 2. The Hall–Kier alpha value is -1.30. The molecule has 2 aromatic rings. The average molecular weight is 291 g/mol. The molecule has 2 unspecified atom stereocenters. The van der Waals surface area contributed by atoms with Crippen molar-refractivity contribution in [3.63, 3.8) is 0 Å². The number of aryl methyl sites for hydroxylation is 1. The van der Waals surface area contributed by atoms with E-state index in [4.69, 9.17) is 0 Å². The predicted molar refractivity (Wildman–Crippen MR) is 81.8 cm³/mol. The van der Waals surface area contributed by atoms with Gasteiger partial charge in [0.05, 0.1) is 5.01 Å². The lowest BCUT2D eigenvalue weighted by Gasteiger charge is -2.18. The molecule has 0 fully saturated rings. The Morgan fingerprint density at radius 1 is 1.35 bits per heavy atom. The zero-order valence-electron chi connectivity index (χ0n) is 11.9. The summed E-state index contributed by atoms with van der Waals surface area (Å²) in [6, 6.07) is 6.15. The molecule has 20 heavy (non-hydrogen) atoms. The van der Waals surface area contributed by atoms with Crippen LogP contribution in [-0.4, -0.2) is 28.2 Å². The summed E-state index contributed by atoms with van der Waals surface area (Å²) in [5, 5.41) is 14.0. The van der Waals surface area contributed by atoms with Gasteiger partial charge in [0.15, 0.2) is 0 Å². The van der Waals surface area contributed by atoms with Crippen molar-refractivity contribution in [2.45, 2.75) is 26.3 Å². The molecule has 2 N–H and O–H groups in total. The van der Waals surface area contributed by atoms with E-state index in [1.165, 1.54) is 4.88 Å². The van der Waals surface area contributed by atoms with Gasteiger partial charge in [-0.1, -0.05) is 6.07 Å². The van der Waals surface area contributed by atoms with Gasteiger partial charge >= 0.3 is 0 Å². The van der Waals surface area contributed by atoms with Crippen molar-refractivity contribution in [3.05, 3.63) is 46.2 Å². The average Bonchev–Trinajstić information content (AvgIpc) is 2.91. The van der Waals surface area contributed by atoms with E-state index in [0.717, 1.165) is 23.7 Å². The molecule has 0 saturated carbocycles. The lowest BCUT2D eigenvalue weighted by molar-refractivity contribution is 0.218. The summed E-state index contributed by atoms with van der Waals surface area (Å²) in [6.45, 7) is 5.07. The smallest absolute Gasteiger partial charge is 0.0897 e. The minimum Gasteiger partial charge on any atom is -0.396 e. The van der Waals surface area contributed by atoms with Gasteiger partial charge in [0, 0.05) is 42.2 Å². The molecule has 0 spiro atoms. The maximum Gasteiger partial charge on any atom is 0.0897 e. The molecule has 4 nitrogen and oxygen atoms in total. The normalized spacial score (nSPS) is 14.2. The van der Waals surface area contributed by atoms with Gasteiger partial charge in [0.2, 0.25) is 0 Å². The molecule has 0 aliphatic heterocycles. The van der Waals surface area contributed by atoms with E-state index in [1.807, 2.05) is 31.3 Å². The van der Waals surface area contributed by atoms with Gasteiger partial charge in [-0.15, -0.1) is 11.3 Å². The molecule has 2 aromatic heterocycles. The number of nitrogens with one attached hydrogen (secondary N) is 1. The molecule has 5 heteroatoms. The highest BCUT2D eigenvalue weighted by molar-refractivity contribution is 7.11. The van der Waals surface area contributed by atoms with Gasteiger partial charge in [-0.3, -0.25) is 4.98 Å². The summed E-state index contributed by atoms with van der Waals surface area (Å²) in [4.78, 5) is 9.81. The Kier molecular flexibility index (Phi) is 5.64. The fourth-order valence-electron chi connectivity index (χ4n) is 2.04. The Morgan fingerprint density at radius 3 is 2.80 bits per heavy atom. The van der Waals surface area contributed by atoms with E-state index in [1.54, 1.807) is 17.5 Å². The second-order valence-corrected chi connectivity index (χ2v) is 6.25. The van der Waals surface area contributed by atoms with Crippen molar-refractivity contribution in [1.82, 2.24) is 15.3 Å². The van der Waals surface area contributed by atoms with E-state index in [-0.39, 0.29) is 18.6 Å². The standard InChI is InChI=1S/C15H21N3OS/c1-11(15-9-18-12(2)20-15)17-8-13(10-19)7-14-5-3-4-6-16-14/h3-6,9,11,13,17,19H,7-8,10H2,1-2H3. The molecule has 108 valence electrons. The number of rotatable bonds is 7. The van der Waals surface area contributed by atoms with Crippen molar-refractivity contribution >= 4 is 11.3 Å². The minimum absolute atomic E-state index is 0.165. The summed E-state index contributed by atoms with van der Waals surface area (Å²) < 4.78 is 0. The third kappa shape index (κ3) is 4.37. The SMILES string of the molecule is Cc1ncc(C(C)NCC(CO)Cc2ccccn2)s1. The van der Waals surface area contributed by atoms with Gasteiger partial charge in [0.1, 0.15) is 0 Å². The van der Waals surface area contributed by atoms with Crippen molar-refractivity contribution in [1.29, 1.82) is 0 Å². The number of pyridine rings is 1. The maximum atomic E-state index is 9.50. The minimum atomic E-state index is 0.165. The molecule has 0 amide bonds. The van der Waals surface area contributed by atoms with Gasteiger partial charge in [-0.25, -0.2) is 4.98 Å². The first-order valence-electron chi connectivity index (χ1n) is 6.85. The first kappa shape index (κ1) is 15.1. The summed E-state index contributed by atoms with van der Waals surface area (Å²) >= 11 is 1.71. The maximum absolute atomic E-state index is 9.50. The Morgan fingerprint density at radius 2 is 2.20 bits per heavy atom. The van der Waals surface area contributed by atoms with Crippen LogP contribution in [0.5, 0.6) is 0 Å². The number of hydrogen-bond donors (Lipinski definition) is 2. The second-order valence-electron chi connectivity index (χ2n) is 4.99. The van der Waals surface area contributed by atoms with Crippen LogP contribution in [0.3, 0.4) is 0 Å². The molecule has 0 saturated heterocycles. The third-order valence-corrected chi connectivity index (χ3v) is 4.36. The zero-order valence-corrected chi connectivity index (χ0v) is 12.7. The van der Waals surface area contributed by atoms with E-state index < -0.39 is 0 Å². The number of aliphatic hydroxyl groups excluding tert-OH is 1. The van der Waals surface area contributed by atoms with E-state index in [9.17, 15) is 5.11 Å². The van der Waals surface area contributed by atoms with Gasteiger partial charge in [0.25, 0.3) is 0 Å². The number of aromatic nitrogens is 2. The first-order valence-corrected chi connectivity index (χ1v) is 7.67. The Balaban J connectivity index is 1.84. The molecule has 0 bridgehead atoms. The zero-order chi connectivity index (χ0) is 14.4. The number of hydrogen-bond acceptors (Lipinski definition) is 5. The lowest BCUT2D eigenvalue weighted by Crippen LogP contribution is -2.28. The van der Waals surface area contributed by atoms with Crippen LogP contribution < -0.4 is 5.32 Å².